The lowest BCUT2D eigenvalue weighted by Gasteiger charge is -2.20. The molecule has 22 heavy (non-hydrogen) atoms. The fourth-order valence-corrected chi connectivity index (χ4v) is 2.41. The standard InChI is InChI=1S/C13H14F3N5O/c1-6-4-8(17)19-11-9(18-5-21(6)11)12(22)20-10(7-2-3-7)13(14,15)16/h4-5,7,10H,2-3H2,1H3,(H2,17,19)(H,20,22). The van der Waals surface area contributed by atoms with Crippen LogP contribution in [0, 0.1) is 12.8 Å². The van der Waals surface area contributed by atoms with E-state index in [9.17, 15) is 18.0 Å². The number of nitrogens with zero attached hydrogens (tertiary/aromatic N) is 3. The molecule has 0 saturated heterocycles. The van der Waals surface area contributed by atoms with Gasteiger partial charge < -0.3 is 11.1 Å². The van der Waals surface area contributed by atoms with Gasteiger partial charge in [0.25, 0.3) is 5.91 Å². The molecule has 0 aliphatic heterocycles. The van der Waals surface area contributed by atoms with Crippen molar-refractivity contribution in [2.45, 2.75) is 32.0 Å². The molecular weight excluding hydrogens is 299 g/mol. The minimum absolute atomic E-state index is 0.145. The number of fused-ring (bicyclic) bond motifs is 1. The van der Waals surface area contributed by atoms with Gasteiger partial charge in [-0.2, -0.15) is 13.2 Å². The van der Waals surface area contributed by atoms with E-state index in [0.29, 0.717) is 18.5 Å². The van der Waals surface area contributed by atoms with E-state index in [4.69, 9.17) is 5.73 Å². The van der Waals surface area contributed by atoms with Crippen molar-refractivity contribution in [3.05, 3.63) is 23.8 Å². The van der Waals surface area contributed by atoms with Crippen LogP contribution in [0.1, 0.15) is 29.0 Å². The van der Waals surface area contributed by atoms with E-state index in [1.807, 2.05) is 5.32 Å². The van der Waals surface area contributed by atoms with Crippen molar-refractivity contribution in [3.63, 3.8) is 0 Å². The van der Waals surface area contributed by atoms with E-state index in [1.165, 1.54) is 10.7 Å². The second kappa shape index (κ2) is 4.85. The summed E-state index contributed by atoms with van der Waals surface area (Å²) in [4.78, 5) is 20.0. The highest BCUT2D eigenvalue weighted by Gasteiger charge is 2.49. The number of aromatic nitrogens is 3. The summed E-state index contributed by atoms with van der Waals surface area (Å²) in [6.45, 7) is 1.73. The number of hydrogen-bond donors (Lipinski definition) is 2. The van der Waals surface area contributed by atoms with Gasteiger partial charge in [-0.05, 0) is 31.7 Å². The van der Waals surface area contributed by atoms with Gasteiger partial charge in [-0.3, -0.25) is 9.20 Å². The zero-order chi connectivity index (χ0) is 16.1. The molecule has 1 saturated carbocycles. The first-order valence-corrected chi connectivity index (χ1v) is 6.75. The largest absolute Gasteiger partial charge is 0.408 e. The second-order valence-corrected chi connectivity index (χ2v) is 5.44. The molecule has 1 atom stereocenters. The van der Waals surface area contributed by atoms with Crippen LogP contribution in [0.5, 0.6) is 0 Å². The van der Waals surface area contributed by atoms with Crippen molar-refractivity contribution >= 4 is 17.4 Å². The van der Waals surface area contributed by atoms with Crippen LogP contribution in [0.25, 0.3) is 5.65 Å². The first-order chi connectivity index (χ1) is 10.3. The lowest BCUT2D eigenvalue weighted by Crippen LogP contribution is -2.47. The highest BCUT2D eigenvalue weighted by molar-refractivity contribution is 5.98. The third kappa shape index (κ3) is 2.58. The van der Waals surface area contributed by atoms with Crippen LogP contribution in [0.4, 0.5) is 19.0 Å². The van der Waals surface area contributed by atoms with Crippen molar-refractivity contribution in [2.75, 3.05) is 5.73 Å². The van der Waals surface area contributed by atoms with Gasteiger partial charge >= 0.3 is 6.18 Å². The third-order valence-electron chi connectivity index (χ3n) is 3.66. The Morgan fingerprint density at radius 3 is 2.77 bits per heavy atom. The number of carbonyl (C=O) groups excluding carboxylic acids is 1. The predicted molar refractivity (Wildman–Crippen MR) is 72.2 cm³/mol. The molecule has 3 N–H and O–H groups in total. The van der Waals surface area contributed by atoms with E-state index in [0.717, 1.165) is 0 Å². The molecule has 1 fully saturated rings. The van der Waals surface area contributed by atoms with Crippen LogP contribution in [0.2, 0.25) is 0 Å². The average Bonchev–Trinajstić information content (AvgIpc) is 3.13. The molecule has 1 aliphatic carbocycles. The smallest absolute Gasteiger partial charge is 0.384 e. The maximum Gasteiger partial charge on any atom is 0.408 e. The molecule has 6 nitrogen and oxygen atoms in total. The molecule has 3 rings (SSSR count). The summed E-state index contributed by atoms with van der Waals surface area (Å²) in [6.07, 6.45) is -2.22. The van der Waals surface area contributed by atoms with Crippen LogP contribution in [0.3, 0.4) is 0 Å². The Bertz CT molecular complexity index is 735. The first kappa shape index (κ1) is 14.6. The molecule has 0 radical (unpaired) electrons. The molecule has 1 unspecified atom stereocenters. The maximum absolute atomic E-state index is 13.0. The minimum Gasteiger partial charge on any atom is -0.384 e. The molecule has 2 heterocycles. The van der Waals surface area contributed by atoms with Gasteiger partial charge in [0.05, 0.1) is 0 Å². The maximum atomic E-state index is 13.0. The van der Waals surface area contributed by atoms with Gasteiger partial charge in [-0.25, -0.2) is 9.97 Å². The van der Waals surface area contributed by atoms with Crippen molar-refractivity contribution in [1.29, 1.82) is 0 Å². The summed E-state index contributed by atoms with van der Waals surface area (Å²) in [5.41, 5.74) is 6.28. The molecule has 2 aromatic heterocycles. The summed E-state index contributed by atoms with van der Waals surface area (Å²) in [6, 6.07) is -0.266. The van der Waals surface area contributed by atoms with Gasteiger partial charge in [0.2, 0.25) is 0 Å². The average molecular weight is 313 g/mol. The fraction of sp³-hybridized carbons (Fsp3) is 0.462. The number of halogens is 3. The fourth-order valence-electron chi connectivity index (χ4n) is 2.41. The lowest BCUT2D eigenvalue weighted by molar-refractivity contribution is -0.158. The third-order valence-corrected chi connectivity index (χ3v) is 3.66. The van der Waals surface area contributed by atoms with Crippen molar-refractivity contribution in [1.82, 2.24) is 19.7 Å². The highest BCUT2D eigenvalue weighted by atomic mass is 19.4. The first-order valence-electron chi connectivity index (χ1n) is 6.75. The van der Waals surface area contributed by atoms with Gasteiger partial charge in [-0.1, -0.05) is 0 Å². The SMILES string of the molecule is Cc1cc(N)nc2c(C(=O)NC(C3CC3)C(F)(F)F)ncn12. The van der Waals surface area contributed by atoms with Crippen LogP contribution < -0.4 is 11.1 Å². The number of rotatable bonds is 3. The van der Waals surface area contributed by atoms with Crippen molar-refractivity contribution in [2.24, 2.45) is 5.92 Å². The quantitative estimate of drug-likeness (QED) is 0.903. The number of amides is 1. The zero-order valence-corrected chi connectivity index (χ0v) is 11.7. The topological polar surface area (TPSA) is 85.3 Å². The molecule has 9 heteroatoms. The summed E-state index contributed by atoms with van der Waals surface area (Å²) in [5, 5.41) is 2.03. The predicted octanol–water partition coefficient (Wildman–Crippen LogP) is 1.69. The Morgan fingerprint density at radius 2 is 2.18 bits per heavy atom. The normalized spacial score (nSPS) is 16.7. The number of carbonyl (C=O) groups is 1. The number of hydrogen-bond acceptors (Lipinski definition) is 4. The molecule has 1 aliphatic rings. The van der Waals surface area contributed by atoms with E-state index < -0.39 is 24.0 Å². The number of alkyl halides is 3. The minimum atomic E-state index is -4.48. The van der Waals surface area contributed by atoms with Crippen molar-refractivity contribution in [3.8, 4) is 0 Å². The summed E-state index contributed by atoms with van der Waals surface area (Å²) in [5.74, 6) is -1.28. The number of imidazole rings is 1. The summed E-state index contributed by atoms with van der Waals surface area (Å²) < 4.78 is 40.4. The molecular formula is C13H14F3N5O. The van der Waals surface area contributed by atoms with Gasteiger partial charge in [0.1, 0.15) is 18.2 Å². The number of nitrogens with two attached hydrogens (primary N) is 1. The molecule has 2 aromatic rings. The Labute approximate surface area is 123 Å². The van der Waals surface area contributed by atoms with E-state index in [-0.39, 0.29) is 17.2 Å². The monoisotopic (exact) mass is 313 g/mol. The second-order valence-electron chi connectivity index (χ2n) is 5.44. The van der Waals surface area contributed by atoms with Crippen LogP contribution in [-0.2, 0) is 0 Å². The van der Waals surface area contributed by atoms with Gasteiger partial charge in [0.15, 0.2) is 11.3 Å². The van der Waals surface area contributed by atoms with Crippen LogP contribution in [0.15, 0.2) is 12.4 Å². The van der Waals surface area contributed by atoms with E-state index >= 15 is 0 Å². The number of nitrogens with one attached hydrogen (secondary N) is 1. The molecule has 118 valence electrons. The number of nitrogen functional groups attached to an aromatic ring is 1. The summed E-state index contributed by atoms with van der Waals surface area (Å²) in [7, 11) is 0. The van der Waals surface area contributed by atoms with Gasteiger partial charge in [0, 0.05) is 5.69 Å². The van der Waals surface area contributed by atoms with Crippen molar-refractivity contribution < 1.29 is 18.0 Å². The molecule has 1 amide bonds. The Kier molecular flexibility index (Phi) is 3.22. The van der Waals surface area contributed by atoms with Gasteiger partial charge in [-0.15, -0.1) is 0 Å². The zero-order valence-electron chi connectivity index (χ0n) is 11.7. The van der Waals surface area contributed by atoms with Crippen LogP contribution >= 0.6 is 0 Å². The van der Waals surface area contributed by atoms with E-state index in [1.54, 1.807) is 13.0 Å². The Morgan fingerprint density at radius 1 is 1.50 bits per heavy atom. The molecule has 0 bridgehead atoms. The number of anilines is 1. The highest BCUT2D eigenvalue weighted by Crippen LogP contribution is 2.40. The summed E-state index contributed by atoms with van der Waals surface area (Å²) >= 11 is 0. The van der Waals surface area contributed by atoms with E-state index in [2.05, 4.69) is 9.97 Å². The number of aryl methyl sites for hydroxylation is 1. The lowest BCUT2D eigenvalue weighted by atomic mass is 10.1. The van der Waals surface area contributed by atoms with Crippen LogP contribution in [-0.4, -0.2) is 32.5 Å². The Hall–Kier alpha value is -2.32. The Balaban J connectivity index is 1.92. The molecule has 0 aromatic carbocycles. The molecule has 0 spiro atoms.